The molecule has 3 nitrogen and oxygen atoms in total. The van der Waals surface area contributed by atoms with Crippen molar-refractivity contribution in [1.82, 2.24) is 9.88 Å². The average molecular weight is 256 g/mol. The van der Waals surface area contributed by atoms with Crippen LogP contribution in [0.25, 0.3) is 0 Å². The molecule has 0 spiro atoms. The van der Waals surface area contributed by atoms with E-state index in [1.165, 1.54) is 5.56 Å². The van der Waals surface area contributed by atoms with Crippen molar-refractivity contribution in [3.8, 4) is 0 Å². The first-order chi connectivity index (χ1) is 6.74. The van der Waals surface area contributed by atoms with Crippen molar-refractivity contribution in [3.63, 3.8) is 0 Å². The molecule has 1 atom stereocenters. The molecule has 4 heteroatoms. The van der Waals surface area contributed by atoms with E-state index in [2.05, 4.69) is 31.9 Å². The summed E-state index contributed by atoms with van der Waals surface area (Å²) in [5.74, 6) is 0. The van der Waals surface area contributed by atoms with Crippen molar-refractivity contribution < 1.29 is 0 Å². The molecule has 1 aliphatic heterocycles. The maximum atomic E-state index is 5.84. The molecule has 76 valence electrons. The number of pyridine rings is 1. The van der Waals surface area contributed by atoms with Crippen LogP contribution in [0.5, 0.6) is 0 Å². The van der Waals surface area contributed by atoms with Crippen molar-refractivity contribution in [2.45, 2.75) is 19.0 Å². The zero-order chi connectivity index (χ0) is 9.97. The number of nitrogens with two attached hydrogens (primary N) is 1. The number of aromatic nitrogens is 1. The van der Waals surface area contributed by atoms with Crippen LogP contribution in [0.3, 0.4) is 0 Å². The standard InChI is InChI=1S/C10H14BrN3/c11-9-3-8(4-13-5-9)6-14-2-1-10(12)7-14/h3-5,10H,1-2,6-7,12H2/t10-/m0/s1. The van der Waals surface area contributed by atoms with Crippen LogP contribution in [-0.4, -0.2) is 29.0 Å². The topological polar surface area (TPSA) is 42.1 Å². The lowest BCUT2D eigenvalue weighted by molar-refractivity contribution is 0.326. The molecule has 2 rings (SSSR count). The molecule has 1 saturated heterocycles. The van der Waals surface area contributed by atoms with Gasteiger partial charge in [0.05, 0.1) is 0 Å². The Kier molecular flexibility index (Phi) is 3.15. The van der Waals surface area contributed by atoms with Crippen LogP contribution in [-0.2, 0) is 6.54 Å². The molecular formula is C10H14BrN3. The van der Waals surface area contributed by atoms with Gasteiger partial charge in [0.1, 0.15) is 0 Å². The Hall–Kier alpha value is -0.450. The fourth-order valence-corrected chi connectivity index (χ4v) is 2.22. The second kappa shape index (κ2) is 4.38. The van der Waals surface area contributed by atoms with Crippen LogP contribution in [0.15, 0.2) is 22.9 Å². The largest absolute Gasteiger partial charge is 0.326 e. The van der Waals surface area contributed by atoms with Crippen molar-refractivity contribution in [2.75, 3.05) is 13.1 Å². The fourth-order valence-electron chi connectivity index (χ4n) is 1.81. The molecule has 14 heavy (non-hydrogen) atoms. The Balaban J connectivity index is 1.97. The molecule has 0 amide bonds. The zero-order valence-corrected chi connectivity index (χ0v) is 9.57. The molecule has 1 fully saturated rings. The number of hydrogen-bond donors (Lipinski definition) is 1. The first kappa shape index (κ1) is 10.1. The first-order valence-electron chi connectivity index (χ1n) is 4.81. The van der Waals surface area contributed by atoms with Gasteiger partial charge in [0.15, 0.2) is 0 Å². The summed E-state index contributed by atoms with van der Waals surface area (Å²) in [6.07, 6.45) is 4.83. The minimum atomic E-state index is 0.357. The van der Waals surface area contributed by atoms with Crippen LogP contribution in [0.1, 0.15) is 12.0 Å². The van der Waals surface area contributed by atoms with Crippen molar-refractivity contribution >= 4 is 15.9 Å². The lowest BCUT2D eigenvalue weighted by Crippen LogP contribution is -2.26. The van der Waals surface area contributed by atoms with Crippen molar-refractivity contribution in [3.05, 3.63) is 28.5 Å². The normalized spacial score (nSPS) is 22.9. The number of likely N-dealkylation sites (tertiary alicyclic amines) is 1. The lowest BCUT2D eigenvalue weighted by Gasteiger charge is -2.14. The van der Waals surface area contributed by atoms with Crippen LogP contribution in [0.4, 0.5) is 0 Å². The van der Waals surface area contributed by atoms with E-state index >= 15 is 0 Å². The van der Waals surface area contributed by atoms with E-state index in [4.69, 9.17) is 5.73 Å². The van der Waals surface area contributed by atoms with Crippen molar-refractivity contribution in [1.29, 1.82) is 0 Å². The van der Waals surface area contributed by atoms with Gasteiger partial charge in [-0.2, -0.15) is 0 Å². The number of halogens is 1. The highest BCUT2D eigenvalue weighted by Crippen LogP contribution is 2.14. The average Bonchev–Trinajstić information content (AvgIpc) is 2.51. The van der Waals surface area contributed by atoms with Crippen LogP contribution >= 0.6 is 15.9 Å². The molecule has 0 unspecified atom stereocenters. The minimum absolute atomic E-state index is 0.357. The smallest absolute Gasteiger partial charge is 0.0410 e. The van der Waals surface area contributed by atoms with Gasteiger partial charge >= 0.3 is 0 Å². The minimum Gasteiger partial charge on any atom is -0.326 e. The molecule has 0 radical (unpaired) electrons. The Morgan fingerprint density at radius 3 is 3.07 bits per heavy atom. The van der Waals surface area contributed by atoms with Crippen LogP contribution in [0, 0.1) is 0 Å². The van der Waals surface area contributed by atoms with E-state index in [1.54, 1.807) is 6.20 Å². The van der Waals surface area contributed by atoms with E-state index in [0.717, 1.165) is 30.5 Å². The van der Waals surface area contributed by atoms with Gasteiger partial charge in [-0.1, -0.05) is 0 Å². The Labute approximate surface area is 92.4 Å². The summed E-state index contributed by atoms with van der Waals surface area (Å²) in [5, 5.41) is 0. The highest BCUT2D eigenvalue weighted by molar-refractivity contribution is 9.10. The summed E-state index contributed by atoms with van der Waals surface area (Å²) >= 11 is 3.42. The van der Waals surface area contributed by atoms with E-state index in [-0.39, 0.29) is 0 Å². The molecule has 2 N–H and O–H groups in total. The summed E-state index contributed by atoms with van der Waals surface area (Å²) in [7, 11) is 0. The summed E-state index contributed by atoms with van der Waals surface area (Å²) in [4.78, 5) is 6.51. The fraction of sp³-hybridized carbons (Fsp3) is 0.500. The Bertz CT molecular complexity index is 316. The summed E-state index contributed by atoms with van der Waals surface area (Å²) in [5.41, 5.74) is 7.09. The van der Waals surface area contributed by atoms with Gasteiger partial charge in [-0.3, -0.25) is 9.88 Å². The lowest BCUT2D eigenvalue weighted by atomic mass is 10.3. The third-order valence-corrected chi connectivity index (χ3v) is 2.91. The highest BCUT2D eigenvalue weighted by atomic mass is 79.9. The monoisotopic (exact) mass is 255 g/mol. The Morgan fingerprint density at radius 2 is 2.43 bits per heavy atom. The molecule has 1 aromatic heterocycles. The van der Waals surface area contributed by atoms with Crippen molar-refractivity contribution in [2.24, 2.45) is 5.73 Å². The predicted molar refractivity (Wildman–Crippen MR) is 59.8 cm³/mol. The van der Waals surface area contributed by atoms with Gasteiger partial charge in [0.2, 0.25) is 0 Å². The molecular weight excluding hydrogens is 242 g/mol. The van der Waals surface area contributed by atoms with Gasteiger partial charge in [0.25, 0.3) is 0 Å². The second-order valence-electron chi connectivity index (χ2n) is 3.80. The van der Waals surface area contributed by atoms with Gasteiger partial charge in [-0.15, -0.1) is 0 Å². The maximum absolute atomic E-state index is 5.84. The van der Waals surface area contributed by atoms with Crippen LogP contribution in [0.2, 0.25) is 0 Å². The van der Waals surface area contributed by atoms with Gasteiger partial charge in [0, 0.05) is 42.5 Å². The summed E-state index contributed by atoms with van der Waals surface area (Å²) in [6, 6.07) is 2.46. The zero-order valence-electron chi connectivity index (χ0n) is 7.99. The van der Waals surface area contributed by atoms with E-state index in [0.29, 0.717) is 6.04 Å². The molecule has 2 heterocycles. The molecule has 0 bridgehead atoms. The molecule has 0 aromatic carbocycles. The molecule has 1 aromatic rings. The SMILES string of the molecule is N[C@H]1CCN(Cc2cncc(Br)c2)C1. The number of hydrogen-bond acceptors (Lipinski definition) is 3. The van der Waals surface area contributed by atoms with E-state index < -0.39 is 0 Å². The highest BCUT2D eigenvalue weighted by Gasteiger charge is 2.18. The molecule has 0 saturated carbocycles. The number of rotatable bonds is 2. The van der Waals surface area contributed by atoms with Gasteiger partial charge < -0.3 is 5.73 Å². The summed E-state index contributed by atoms with van der Waals surface area (Å²) in [6.45, 7) is 3.07. The third kappa shape index (κ3) is 2.53. The summed E-state index contributed by atoms with van der Waals surface area (Å²) < 4.78 is 1.04. The van der Waals surface area contributed by atoms with Crippen LogP contribution < -0.4 is 5.73 Å². The van der Waals surface area contributed by atoms with E-state index in [1.807, 2.05) is 6.20 Å². The number of nitrogens with zero attached hydrogens (tertiary/aromatic N) is 2. The first-order valence-corrected chi connectivity index (χ1v) is 5.61. The second-order valence-corrected chi connectivity index (χ2v) is 4.71. The molecule has 1 aliphatic rings. The third-order valence-electron chi connectivity index (χ3n) is 2.48. The maximum Gasteiger partial charge on any atom is 0.0410 e. The van der Waals surface area contributed by atoms with Gasteiger partial charge in [-0.05, 0) is 34.0 Å². The van der Waals surface area contributed by atoms with Gasteiger partial charge in [-0.25, -0.2) is 0 Å². The predicted octanol–water partition coefficient (Wildman–Crippen LogP) is 1.38. The van der Waals surface area contributed by atoms with E-state index in [9.17, 15) is 0 Å². The Morgan fingerprint density at radius 1 is 1.57 bits per heavy atom. The quantitative estimate of drug-likeness (QED) is 0.869. The molecule has 0 aliphatic carbocycles.